The molecule has 54 valence electrons. The van der Waals surface area contributed by atoms with Crippen molar-refractivity contribution < 1.29 is 9.22 Å². The van der Waals surface area contributed by atoms with Crippen molar-refractivity contribution in [3.63, 3.8) is 0 Å². The van der Waals surface area contributed by atoms with Gasteiger partial charge in [-0.1, -0.05) is 0 Å². The van der Waals surface area contributed by atoms with Gasteiger partial charge in [0.2, 0.25) is 0 Å². The number of methoxy groups -OCH3 is 1. The number of hydrogen-bond acceptors (Lipinski definition) is 1. The summed E-state index contributed by atoms with van der Waals surface area (Å²) in [6.45, 7) is 1.97. The van der Waals surface area contributed by atoms with Gasteiger partial charge in [-0.3, -0.25) is 4.48 Å². The Kier molecular flexibility index (Phi) is 2.71. The minimum Gasteiger partial charge on any atom is -0.455 e. The predicted octanol–water partition coefficient (Wildman–Crippen LogP) is 1.20. The summed E-state index contributed by atoms with van der Waals surface area (Å²) < 4.78 is 5.84. The summed E-state index contributed by atoms with van der Waals surface area (Å²) >= 11 is 0. The highest BCUT2D eigenvalue weighted by Crippen LogP contribution is 2.06. The van der Waals surface area contributed by atoms with E-state index in [1.54, 1.807) is 7.11 Å². The van der Waals surface area contributed by atoms with Crippen molar-refractivity contribution in [2.75, 3.05) is 28.3 Å². The second-order valence-corrected chi connectivity index (χ2v) is 2.84. The fourth-order valence-corrected chi connectivity index (χ4v) is 0.779. The number of nitrogens with zero attached hydrogens (tertiary/aromatic N) is 1. The first kappa shape index (κ1) is 8.50. The smallest absolute Gasteiger partial charge is 0.286 e. The highest BCUT2D eigenvalue weighted by molar-refractivity contribution is 4.77. The van der Waals surface area contributed by atoms with Crippen LogP contribution in [-0.2, 0) is 4.74 Å². The fraction of sp³-hybridized carbons (Fsp3) is 0.714. The second-order valence-electron chi connectivity index (χ2n) is 2.84. The summed E-state index contributed by atoms with van der Waals surface area (Å²) in [6, 6.07) is 0. The summed E-state index contributed by atoms with van der Waals surface area (Å²) in [7, 11) is 7.90. The Labute approximate surface area is 57.3 Å². The van der Waals surface area contributed by atoms with Gasteiger partial charge in [-0.2, -0.15) is 0 Å². The molecule has 0 aliphatic heterocycles. The molecule has 0 radical (unpaired) electrons. The minimum absolute atomic E-state index is 0.743. The third-order valence-electron chi connectivity index (χ3n) is 1.12. The molecule has 0 saturated carbocycles. The van der Waals surface area contributed by atoms with Crippen molar-refractivity contribution >= 4 is 0 Å². The van der Waals surface area contributed by atoms with E-state index < -0.39 is 0 Å². The summed E-state index contributed by atoms with van der Waals surface area (Å²) in [4.78, 5) is 0. The van der Waals surface area contributed by atoms with Gasteiger partial charge in [-0.25, -0.2) is 0 Å². The van der Waals surface area contributed by atoms with Gasteiger partial charge in [0.15, 0.2) is 0 Å². The third-order valence-corrected chi connectivity index (χ3v) is 1.12. The molecule has 0 aromatic carbocycles. The van der Waals surface area contributed by atoms with Crippen molar-refractivity contribution in [2.45, 2.75) is 6.92 Å². The fourth-order valence-electron chi connectivity index (χ4n) is 0.779. The van der Waals surface area contributed by atoms with Crippen LogP contribution in [0.1, 0.15) is 6.92 Å². The molecule has 0 aromatic heterocycles. The zero-order valence-electron chi connectivity index (χ0n) is 6.93. The zero-order chi connectivity index (χ0) is 7.49. The maximum Gasteiger partial charge on any atom is 0.286 e. The van der Waals surface area contributed by atoms with Crippen LogP contribution in [0, 0.1) is 0 Å². The van der Waals surface area contributed by atoms with Gasteiger partial charge in [-0.15, -0.1) is 0 Å². The summed E-state index contributed by atoms with van der Waals surface area (Å²) in [5.41, 5.74) is 0. The number of allylic oxidation sites excluding steroid dienone is 1. The number of ether oxygens (including phenoxy) is 1. The summed E-state index contributed by atoms with van der Waals surface area (Å²) in [5.74, 6) is 0.981. The molecule has 0 atom stereocenters. The highest BCUT2D eigenvalue weighted by Gasteiger charge is 2.13. The van der Waals surface area contributed by atoms with E-state index in [4.69, 9.17) is 4.74 Å². The van der Waals surface area contributed by atoms with Gasteiger partial charge in [-0.05, 0) is 6.92 Å². The number of quaternary nitrogens is 1. The van der Waals surface area contributed by atoms with Crippen molar-refractivity contribution in [1.82, 2.24) is 0 Å². The van der Waals surface area contributed by atoms with Crippen molar-refractivity contribution in [1.29, 1.82) is 0 Å². The van der Waals surface area contributed by atoms with Gasteiger partial charge in [0.05, 0.1) is 28.3 Å². The van der Waals surface area contributed by atoms with Crippen LogP contribution in [0.2, 0.25) is 0 Å². The maximum absolute atomic E-state index is 5.10. The summed E-state index contributed by atoms with van der Waals surface area (Å²) in [6.07, 6.45) is 1.97. The van der Waals surface area contributed by atoms with E-state index in [1.807, 2.05) is 13.0 Å². The largest absolute Gasteiger partial charge is 0.455 e. The third kappa shape index (κ3) is 2.51. The average molecular weight is 130 g/mol. The SMILES string of the molecule is CC=C(OC)[N+](C)(C)C. The molecule has 0 aromatic rings. The molecule has 0 aliphatic rings. The molecule has 0 heterocycles. The van der Waals surface area contributed by atoms with Crippen LogP contribution in [0.15, 0.2) is 12.0 Å². The van der Waals surface area contributed by atoms with Crippen LogP contribution in [-0.4, -0.2) is 32.7 Å². The van der Waals surface area contributed by atoms with Crippen LogP contribution in [0.4, 0.5) is 0 Å². The molecule has 0 saturated heterocycles. The Morgan fingerprint density at radius 3 is 1.78 bits per heavy atom. The quantitative estimate of drug-likeness (QED) is 0.403. The maximum atomic E-state index is 5.10. The zero-order valence-corrected chi connectivity index (χ0v) is 6.93. The molecule has 2 nitrogen and oxygen atoms in total. The first-order valence-electron chi connectivity index (χ1n) is 3.04. The first-order valence-corrected chi connectivity index (χ1v) is 3.04. The molecule has 0 rings (SSSR count). The van der Waals surface area contributed by atoms with Crippen molar-refractivity contribution in [2.24, 2.45) is 0 Å². The van der Waals surface area contributed by atoms with Crippen LogP contribution < -0.4 is 0 Å². The molecular formula is C7H16NO+. The standard InChI is InChI=1S/C7H16NO/c1-6-7(9-5)8(2,3)4/h6H,1-5H3/q+1. The Morgan fingerprint density at radius 1 is 1.33 bits per heavy atom. The molecular weight excluding hydrogens is 114 g/mol. The van der Waals surface area contributed by atoms with Crippen LogP contribution >= 0.6 is 0 Å². The normalized spacial score (nSPS) is 13.7. The minimum atomic E-state index is 0.743. The molecule has 0 bridgehead atoms. The van der Waals surface area contributed by atoms with Gasteiger partial charge >= 0.3 is 0 Å². The van der Waals surface area contributed by atoms with E-state index in [1.165, 1.54) is 0 Å². The lowest BCUT2D eigenvalue weighted by atomic mass is 10.5. The van der Waals surface area contributed by atoms with E-state index in [0.717, 1.165) is 10.4 Å². The van der Waals surface area contributed by atoms with E-state index in [-0.39, 0.29) is 0 Å². The highest BCUT2D eigenvalue weighted by atomic mass is 16.5. The first-order chi connectivity index (χ1) is 4.02. The molecule has 0 unspecified atom stereocenters. The Hall–Kier alpha value is -0.500. The topological polar surface area (TPSA) is 9.23 Å². The Bertz CT molecular complexity index is 111. The molecule has 0 amide bonds. The van der Waals surface area contributed by atoms with Crippen molar-refractivity contribution in [3.05, 3.63) is 12.0 Å². The van der Waals surface area contributed by atoms with Gasteiger partial charge < -0.3 is 4.74 Å². The van der Waals surface area contributed by atoms with Gasteiger partial charge in [0.1, 0.15) is 0 Å². The van der Waals surface area contributed by atoms with Gasteiger partial charge in [0, 0.05) is 6.08 Å². The van der Waals surface area contributed by atoms with E-state index in [2.05, 4.69) is 21.1 Å². The second kappa shape index (κ2) is 2.87. The monoisotopic (exact) mass is 130 g/mol. The number of rotatable bonds is 2. The predicted molar refractivity (Wildman–Crippen MR) is 38.8 cm³/mol. The Morgan fingerprint density at radius 2 is 1.78 bits per heavy atom. The molecule has 0 spiro atoms. The lowest BCUT2D eigenvalue weighted by Gasteiger charge is -2.23. The van der Waals surface area contributed by atoms with Crippen LogP contribution in [0.3, 0.4) is 0 Å². The van der Waals surface area contributed by atoms with E-state index in [0.29, 0.717) is 0 Å². The Balaban J connectivity index is 4.14. The molecule has 2 heteroatoms. The lowest BCUT2D eigenvalue weighted by Crippen LogP contribution is -2.33. The molecule has 0 aliphatic carbocycles. The number of hydrogen-bond donors (Lipinski definition) is 0. The molecule has 0 N–H and O–H groups in total. The summed E-state index contributed by atoms with van der Waals surface area (Å²) in [5, 5.41) is 0. The van der Waals surface area contributed by atoms with Crippen LogP contribution in [0.5, 0.6) is 0 Å². The van der Waals surface area contributed by atoms with Gasteiger partial charge in [0.25, 0.3) is 5.88 Å². The van der Waals surface area contributed by atoms with E-state index >= 15 is 0 Å². The average Bonchev–Trinajstić information content (AvgIpc) is 1.65. The molecule has 0 fully saturated rings. The van der Waals surface area contributed by atoms with Crippen molar-refractivity contribution in [3.8, 4) is 0 Å². The lowest BCUT2D eigenvalue weighted by molar-refractivity contribution is -0.847. The molecule has 9 heavy (non-hydrogen) atoms. The van der Waals surface area contributed by atoms with E-state index in [9.17, 15) is 0 Å². The van der Waals surface area contributed by atoms with Crippen LogP contribution in [0.25, 0.3) is 0 Å².